The maximum Gasteiger partial charge on any atom is 0.327 e. The minimum atomic E-state index is -3.83. The predicted octanol–water partition coefficient (Wildman–Crippen LogP) is 4.23. The Hall–Kier alpha value is -3.94. The topological polar surface area (TPSA) is 141 Å². The quantitative estimate of drug-likeness (QED) is 0.290. The van der Waals surface area contributed by atoms with Crippen LogP contribution in [0.15, 0.2) is 84.9 Å². The Morgan fingerprint density at radius 1 is 0.927 bits per heavy atom. The fourth-order valence-corrected chi connectivity index (χ4v) is 8.53. The Morgan fingerprint density at radius 3 is 1.95 bits per heavy atom. The molecular formula is C31H36N3O6P. The highest BCUT2D eigenvalue weighted by Crippen LogP contribution is 2.57. The molecule has 1 aliphatic heterocycles. The van der Waals surface area contributed by atoms with E-state index >= 15 is 4.57 Å². The molecule has 0 spiro atoms. The molecule has 1 fully saturated rings. The third kappa shape index (κ3) is 7.23. The van der Waals surface area contributed by atoms with Crippen molar-refractivity contribution >= 4 is 25.1 Å². The molecule has 3 atom stereocenters. The Labute approximate surface area is 240 Å². The van der Waals surface area contributed by atoms with Crippen molar-refractivity contribution < 1.29 is 29.2 Å². The summed E-state index contributed by atoms with van der Waals surface area (Å²) in [6, 6.07) is 20.8. The highest BCUT2D eigenvalue weighted by Gasteiger charge is 2.48. The number of benzene rings is 3. The molecule has 1 heterocycles. The third-order valence-corrected chi connectivity index (χ3v) is 10.3. The monoisotopic (exact) mass is 577 g/mol. The van der Waals surface area contributed by atoms with Crippen molar-refractivity contribution in [3.63, 3.8) is 0 Å². The molecule has 1 saturated heterocycles. The van der Waals surface area contributed by atoms with Gasteiger partial charge in [-0.15, -0.1) is 0 Å². The summed E-state index contributed by atoms with van der Waals surface area (Å²) in [7, 11) is -3.83. The number of phenolic OH excluding ortho intramolecular Hbond substituents is 1. The number of carboxylic acids is 1. The SMILES string of the molecule is C[C@H](N)C(=O)N1CCC[C@H]1C(=O)N([C@@H](Cc1ccc(O)cc1)C(=O)O)P(=O)(Cc1ccccc1)Cc1ccccc1. The molecule has 0 radical (unpaired) electrons. The summed E-state index contributed by atoms with van der Waals surface area (Å²) < 4.78 is 16.4. The lowest BCUT2D eigenvalue weighted by atomic mass is 10.0. The van der Waals surface area contributed by atoms with Gasteiger partial charge in [0.25, 0.3) is 5.91 Å². The number of hydrogen-bond acceptors (Lipinski definition) is 6. The molecule has 0 unspecified atom stereocenters. The summed E-state index contributed by atoms with van der Waals surface area (Å²) in [6.07, 6.45) is 0.641. The largest absolute Gasteiger partial charge is 0.508 e. The Kier molecular flexibility index (Phi) is 9.63. The van der Waals surface area contributed by atoms with E-state index in [2.05, 4.69) is 0 Å². The number of aromatic hydroxyl groups is 1. The van der Waals surface area contributed by atoms with Crippen LogP contribution < -0.4 is 5.73 Å². The molecule has 0 aliphatic carbocycles. The minimum Gasteiger partial charge on any atom is -0.508 e. The van der Waals surface area contributed by atoms with Crippen molar-refractivity contribution in [3.05, 3.63) is 102 Å². The van der Waals surface area contributed by atoms with E-state index in [-0.39, 0.29) is 24.5 Å². The maximum atomic E-state index is 15.3. The molecule has 3 aromatic carbocycles. The number of nitrogens with zero attached hydrogens (tertiary/aromatic N) is 2. The molecule has 41 heavy (non-hydrogen) atoms. The molecule has 2 amide bonds. The van der Waals surface area contributed by atoms with Crippen LogP contribution in [0, 0.1) is 0 Å². The van der Waals surface area contributed by atoms with E-state index in [1.165, 1.54) is 17.0 Å². The second-order valence-corrected chi connectivity index (χ2v) is 13.3. The Balaban J connectivity index is 1.86. The number of carboxylic acid groups (broad SMARTS) is 1. The van der Waals surface area contributed by atoms with Crippen molar-refractivity contribution in [2.45, 2.75) is 56.6 Å². The van der Waals surface area contributed by atoms with Crippen molar-refractivity contribution in [2.75, 3.05) is 6.54 Å². The zero-order valence-electron chi connectivity index (χ0n) is 23.0. The highest BCUT2D eigenvalue weighted by atomic mass is 31.2. The first-order chi connectivity index (χ1) is 19.6. The van der Waals surface area contributed by atoms with Crippen LogP contribution in [0.25, 0.3) is 0 Å². The number of rotatable bonds is 11. The van der Waals surface area contributed by atoms with E-state index in [0.717, 1.165) is 4.67 Å². The van der Waals surface area contributed by atoms with E-state index in [0.29, 0.717) is 36.1 Å². The summed E-state index contributed by atoms with van der Waals surface area (Å²) in [5, 5.41) is 20.3. The van der Waals surface area contributed by atoms with Crippen molar-refractivity contribution in [1.29, 1.82) is 0 Å². The fourth-order valence-electron chi connectivity index (χ4n) is 5.37. The van der Waals surface area contributed by atoms with Gasteiger partial charge in [-0.05, 0) is 48.6 Å². The second kappa shape index (κ2) is 13.1. The van der Waals surface area contributed by atoms with Crippen molar-refractivity contribution in [3.8, 4) is 5.75 Å². The number of carbonyl (C=O) groups excluding carboxylic acids is 2. The van der Waals surface area contributed by atoms with Crippen LogP contribution >= 0.6 is 7.29 Å². The number of carbonyl (C=O) groups is 3. The van der Waals surface area contributed by atoms with Crippen LogP contribution in [0.2, 0.25) is 0 Å². The van der Waals surface area contributed by atoms with Gasteiger partial charge in [0, 0.05) is 25.3 Å². The highest BCUT2D eigenvalue weighted by molar-refractivity contribution is 7.60. The lowest BCUT2D eigenvalue weighted by Crippen LogP contribution is -2.54. The summed E-state index contributed by atoms with van der Waals surface area (Å²) in [5.74, 6) is -2.36. The summed E-state index contributed by atoms with van der Waals surface area (Å²) in [4.78, 5) is 41.8. The number of phenols is 1. The molecule has 4 N–H and O–H groups in total. The molecule has 0 aromatic heterocycles. The average Bonchev–Trinajstić information content (AvgIpc) is 3.44. The van der Waals surface area contributed by atoms with Gasteiger partial charge in [0.1, 0.15) is 17.8 Å². The molecule has 1 aliphatic rings. The lowest BCUT2D eigenvalue weighted by molar-refractivity contribution is -0.149. The predicted molar refractivity (Wildman–Crippen MR) is 156 cm³/mol. The lowest BCUT2D eigenvalue weighted by Gasteiger charge is -2.39. The third-order valence-electron chi connectivity index (χ3n) is 7.32. The van der Waals surface area contributed by atoms with Gasteiger partial charge in [0.05, 0.1) is 6.04 Å². The first-order valence-electron chi connectivity index (χ1n) is 13.7. The van der Waals surface area contributed by atoms with Gasteiger partial charge in [-0.1, -0.05) is 72.8 Å². The molecule has 10 heteroatoms. The molecule has 3 aromatic rings. The molecule has 216 valence electrons. The molecule has 0 saturated carbocycles. The van der Waals surface area contributed by atoms with Gasteiger partial charge in [0.15, 0.2) is 7.29 Å². The van der Waals surface area contributed by atoms with Gasteiger partial charge < -0.3 is 20.8 Å². The summed E-state index contributed by atoms with van der Waals surface area (Å²) in [5.41, 5.74) is 7.84. The van der Waals surface area contributed by atoms with Crippen LogP contribution in [0.5, 0.6) is 5.75 Å². The Bertz CT molecular complexity index is 1350. The number of aliphatic carboxylic acids is 1. The van der Waals surface area contributed by atoms with E-state index in [4.69, 9.17) is 5.73 Å². The minimum absolute atomic E-state index is 0.0170. The molecular weight excluding hydrogens is 541 g/mol. The first kappa shape index (κ1) is 30.0. The summed E-state index contributed by atoms with van der Waals surface area (Å²) in [6.45, 7) is 1.85. The standard InChI is InChI=1S/C31H36N3O6P/c1-22(32)29(36)33-18-8-13-27(33)30(37)34(28(31(38)39)19-23-14-16-26(35)17-15-23)41(40,20-24-9-4-2-5-10-24)21-25-11-6-3-7-12-25/h2-7,9-12,14-17,22,27-28,35H,8,13,18-21,32H2,1H3,(H,38,39)/t22-,27-,28-/m0/s1. The Morgan fingerprint density at radius 2 is 1.46 bits per heavy atom. The molecule has 9 nitrogen and oxygen atoms in total. The fraction of sp³-hybridized carbons (Fsp3) is 0.323. The van der Waals surface area contributed by atoms with Gasteiger partial charge in [-0.25, -0.2) is 4.79 Å². The number of hydrogen-bond donors (Lipinski definition) is 3. The van der Waals surface area contributed by atoms with E-state index in [1.807, 2.05) is 12.1 Å². The number of likely N-dealkylation sites (tertiary alicyclic amines) is 1. The first-order valence-corrected chi connectivity index (χ1v) is 15.7. The van der Waals surface area contributed by atoms with Crippen LogP contribution in [0.4, 0.5) is 0 Å². The van der Waals surface area contributed by atoms with Crippen LogP contribution in [-0.4, -0.2) is 62.2 Å². The zero-order chi connectivity index (χ0) is 29.6. The van der Waals surface area contributed by atoms with Crippen LogP contribution in [-0.2, 0) is 37.7 Å². The smallest absolute Gasteiger partial charge is 0.327 e. The summed E-state index contributed by atoms with van der Waals surface area (Å²) >= 11 is 0. The second-order valence-electron chi connectivity index (χ2n) is 10.5. The normalized spacial score (nSPS) is 16.6. The van der Waals surface area contributed by atoms with Crippen LogP contribution in [0.3, 0.4) is 0 Å². The van der Waals surface area contributed by atoms with Crippen molar-refractivity contribution in [2.24, 2.45) is 5.73 Å². The van der Waals surface area contributed by atoms with Gasteiger partial charge in [-0.3, -0.25) is 18.8 Å². The number of nitrogens with two attached hydrogens (primary N) is 1. The van der Waals surface area contributed by atoms with Gasteiger partial charge in [0.2, 0.25) is 5.91 Å². The zero-order valence-corrected chi connectivity index (χ0v) is 23.9. The number of amides is 2. The van der Waals surface area contributed by atoms with E-state index in [9.17, 15) is 24.6 Å². The van der Waals surface area contributed by atoms with Crippen LogP contribution in [0.1, 0.15) is 36.5 Å². The van der Waals surface area contributed by atoms with Gasteiger partial charge >= 0.3 is 5.97 Å². The molecule has 0 bridgehead atoms. The van der Waals surface area contributed by atoms with Crippen molar-refractivity contribution in [1.82, 2.24) is 9.57 Å². The maximum absolute atomic E-state index is 15.3. The average molecular weight is 578 g/mol. The molecule has 4 rings (SSSR count). The van der Waals surface area contributed by atoms with E-state index < -0.39 is 43.2 Å². The van der Waals surface area contributed by atoms with E-state index in [1.54, 1.807) is 67.6 Å². The van der Waals surface area contributed by atoms with Gasteiger partial charge in [-0.2, -0.15) is 0 Å².